The van der Waals surface area contributed by atoms with Gasteiger partial charge in [-0.1, -0.05) is 101 Å². The van der Waals surface area contributed by atoms with Crippen molar-refractivity contribution >= 4 is 40.3 Å². The molecule has 0 saturated carbocycles. The minimum atomic E-state index is 0.112. The van der Waals surface area contributed by atoms with E-state index >= 15 is 0 Å². The van der Waals surface area contributed by atoms with Gasteiger partial charge in [0.15, 0.2) is 0 Å². The standard InChI is InChI=1S/C35H39Cl2N/c1-34(2,3)26-11-16-28(17-12-26)38(29-18-13-27(14-19-29)35(4,5)6)30-15-9-23-7-8-24-10-20-32(36)33(37)31(24)22-25(23)21-30/h9,11-19,21H,7-8,10,20,22H2,1-6H3. The Morgan fingerprint density at radius 1 is 0.579 bits per heavy atom. The van der Waals surface area contributed by atoms with Crippen LogP contribution < -0.4 is 4.90 Å². The van der Waals surface area contributed by atoms with E-state index in [1.165, 1.54) is 39.1 Å². The molecular formula is C35H39Cl2N. The van der Waals surface area contributed by atoms with Crippen molar-refractivity contribution in [2.24, 2.45) is 0 Å². The molecule has 0 amide bonds. The van der Waals surface area contributed by atoms with Gasteiger partial charge in [0.2, 0.25) is 0 Å². The Balaban J connectivity index is 1.59. The van der Waals surface area contributed by atoms with Gasteiger partial charge in [-0.25, -0.2) is 0 Å². The number of fused-ring (bicyclic) bond motifs is 1. The molecule has 0 heterocycles. The summed E-state index contributed by atoms with van der Waals surface area (Å²) in [6.45, 7) is 13.6. The SMILES string of the molecule is CC(C)(C)c1ccc(N(c2ccc(C(C)(C)C)cc2)c2ccc3c(c2)CC2=C(CCC(Cl)=C2Cl)CC3)cc1. The number of hydrogen-bond donors (Lipinski definition) is 0. The summed E-state index contributed by atoms with van der Waals surface area (Å²) >= 11 is 13.3. The van der Waals surface area contributed by atoms with Crippen molar-refractivity contribution < 1.29 is 0 Å². The van der Waals surface area contributed by atoms with Gasteiger partial charge in [0.05, 0.1) is 5.03 Å². The molecule has 3 aromatic carbocycles. The average Bonchev–Trinajstić information content (AvgIpc) is 3.06. The van der Waals surface area contributed by atoms with Gasteiger partial charge in [-0.2, -0.15) is 0 Å². The molecule has 0 N–H and O–H groups in total. The summed E-state index contributed by atoms with van der Waals surface area (Å²) < 4.78 is 0. The van der Waals surface area contributed by atoms with Gasteiger partial charge in [-0.15, -0.1) is 0 Å². The van der Waals surface area contributed by atoms with Crippen LogP contribution in [0.15, 0.2) is 87.9 Å². The third-order valence-corrected chi connectivity index (χ3v) is 9.00. The van der Waals surface area contributed by atoms with E-state index < -0.39 is 0 Å². The van der Waals surface area contributed by atoms with Crippen LogP contribution in [0.4, 0.5) is 17.1 Å². The van der Waals surface area contributed by atoms with Crippen LogP contribution in [0.2, 0.25) is 0 Å². The molecule has 0 aromatic heterocycles. The molecule has 1 nitrogen and oxygen atoms in total. The maximum Gasteiger partial charge on any atom is 0.0586 e. The first-order valence-electron chi connectivity index (χ1n) is 13.8. The summed E-state index contributed by atoms with van der Waals surface area (Å²) in [5.74, 6) is 0. The lowest BCUT2D eigenvalue weighted by Gasteiger charge is -2.29. The average molecular weight is 545 g/mol. The lowest BCUT2D eigenvalue weighted by molar-refractivity contribution is 0.590. The van der Waals surface area contributed by atoms with E-state index in [1.807, 2.05) is 0 Å². The third kappa shape index (κ3) is 5.47. The number of aryl methyl sites for hydroxylation is 1. The summed E-state index contributed by atoms with van der Waals surface area (Å²) in [4.78, 5) is 2.38. The lowest BCUT2D eigenvalue weighted by Crippen LogP contribution is -2.14. The first kappa shape index (κ1) is 27.1. The van der Waals surface area contributed by atoms with Crippen molar-refractivity contribution in [3.8, 4) is 0 Å². The third-order valence-electron chi connectivity index (χ3n) is 8.07. The smallest absolute Gasteiger partial charge is 0.0586 e. The minimum Gasteiger partial charge on any atom is -0.310 e. The van der Waals surface area contributed by atoms with Crippen LogP contribution in [0, 0.1) is 0 Å². The molecule has 2 aliphatic rings. The summed E-state index contributed by atoms with van der Waals surface area (Å²) in [5.41, 5.74) is 11.9. The second-order valence-corrected chi connectivity index (χ2v) is 13.7. The number of nitrogens with zero attached hydrogens (tertiary/aromatic N) is 1. The van der Waals surface area contributed by atoms with Gasteiger partial charge in [0.25, 0.3) is 0 Å². The van der Waals surface area contributed by atoms with Crippen molar-refractivity contribution in [2.45, 2.75) is 84.5 Å². The fourth-order valence-electron chi connectivity index (χ4n) is 5.62. The molecule has 0 unspecified atom stereocenters. The molecule has 0 saturated heterocycles. The zero-order valence-electron chi connectivity index (χ0n) is 23.6. The maximum absolute atomic E-state index is 6.76. The molecule has 5 rings (SSSR count). The van der Waals surface area contributed by atoms with E-state index in [-0.39, 0.29) is 10.8 Å². The van der Waals surface area contributed by atoms with Gasteiger partial charge < -0.3 is 4.90 Å². The van der Waals surface area contributed by atoms with E-state index in [1.54, 1.807) is 0 Å². The van der Waals surface area contributed by atoms with Crippen molar-refractivity contribution in [3.63, 3.8) is 0 Å². The molecule has 0 bridgehead atoms. The predicted octanol–water partition coefficient (Wildman–Crippen LogP) is 11.0. The highest BCUT2D eigenvalue weighted by Crippen LogP contribution is 2.43. The number of allylic oxidation sites excluding steroid dienone is 4. The quantitative estimate of drug-likeness (QED) is 0.317. The van der Waals surface area contributed by atoms with Crippen molar-refractivity contribution in [2.75, 3.05) is 4.90 Å². The number of halogens is 2. The Hall–Kier alpha value is -2.48. The Morgan fingerprint density at radius 2 is 1.08 bits per heavy atom. The molecule has 3 aromatic rings. The Morgan fingerprint density at radius 3 is 1.61 bits per heavy atom. The molecule has 2 aliphatic carbocycles. The van der Waals surface area contributed by atoms with E-state index in [4.69, 9.17) is 23.2 Å². The largest absolute Gasteiger partial charge is 0.310 e. The number of rotatable bonds is 3. The highest BCUT2D eigenvalue weighted by molar-refractivity contribution is 6.41. The van der Waals surface area contributed by atoms with E-state index in [9.17, 15) is 0 Å². The molecule has 0 spiro atoms. The number of anilines is 3. The number of benzene rings is 3. The molecule has 0 radical (unpaired) electrons. The van der Waals surface area contributed by atoms with Gasteiger partial charge in [0.1, 0.15) is 0 Å². The Labute approximate surface area is 239 Å². The highest BCUT2D eigenvalue weighted by atomic mass is 35.5. The highest BCUT2D eigenvalue weighted by Gasteiger charge is 2.25. The van der Waals surface area contributed by atoms with Crippen LogP contribution in [0.1, 0.15) is 83.1 Å². The topological polar surface area (TPSA) is 3.24 Å². The summed E-state index contributed by atoms with van der Waals surface area (Å²) in [7, 11) is 0. The van der Waals surface area contributed by atoms with Gasteiger partial charge >= 0.3 is 0 Å². The maximum atomic E-state index is 6.76. The van der Waals surface area contributed by atoms with Crippen molar-refractivity contribution in [3.05, 3.63) is 110 Å². The molecule has 3 heteroatoms. The first-order chi connectivity index (χ1) is 17.9. The number of hydrogen-bond acceptors (Lipinski definition) is 1. The molecule has 0 fully saturated rings. The zero-order chi connectivity index (χ0) is 27.2. The predicted molar refractivity (Wildman–Crippen MR) is 166 cm³/mol. The van der Waals surface area contributed by atoms with E-state index in [2.05, 4.69) is 113 Å². The summed E-state index contributed by atoms with van der Waals surface area (Å²) in [5, 5.41) is 1.59. The second kappa shape index (κ2) is 10.2. The van der Waals surface area contributed by atoms with Crippen molar-refractivity contribution in [1.29, 1.82) is 0 Å². The van der Waals surface area contributed by atoms with Gasteiger partial charge in [-0.3, -0.25) is 0 Å². The molecule has 198 valence electrons. The van der Waals surface area contributed by atoms with Crippen LogP contribution in [-0.2, 0) is 23.7 Å². The fourth-order valence-corrected chi connectivity index (χ4v) is 6.13. The van der Waals surface area contributed by atoms with Gasteiger partial charge in [0, 0.05) is 22.1 Å². The Kier molecular flexibility index (Phi) is 7.31. The molecule has 0 atom stereocenters. The minimum absolute atomic E-state index is 0.112. The summed E-state index contributed by atoms with van der Waals surface area (Å²) in [6, 6.07) is 25.1. The normalized spacial score (nSPS) is 16.2. The van der Waals surface area contributed by atoms with Gasteiger partial charge in [-0.05, 0) is 107 Å². The van der Waals surface area contributed by atoms with Crippen LogP contribution in [0.25, 0.3) is 0 Å². The summed E-state index contributed by atoms with van der Waals surface area (Å²) in [6.07, 6.45) is 4.85. The second-order valence-electron chi connectivity index (χ2n) is 12.9. The fraction of sp³-hybridized carbons (Fsp3) is 0.371. The lowest BCUT2D eigenvalue weighted by atomic mass is 9.86. The van der Waals surface area contributed by atoms with E-state index in [0.29, 0.717) is 0 Å². The Bertz CT molecular complexity index is 1340. The van der Waals surface area contributed by atoms with E-state index in [0.717, 1.165) is 53.5 Å². The van der Waals surface area contributed by atoms with Crippen LogP contribution >= 0.6 is 23.2 Å². The molecule has 38 heavy (non-hydrogen) atoms. The zero-order valence-corrected chi connectivity index (χ0v) is 25.1. The van der Waals surface area contributed by atoms with Crippen LogP contribution in [0.5, 0.6) is 0 Å². The van der Waals surface area contributed by atoms with Crippen molar-refractivity contribution in [1.82, 2.24) is 0 Å². The molecular weight excluding hydrogens is 505 g/mol. The monoisotopic (exact) mass is 543 g/mol. The first-order valence-corrected chi connectivity index (χ1v) is 14.6. The molecule has 0 aliphatic heterocycles. The van der Waals surface area contributed by atoms with Crippen LogP contribution in [0.3, 0.4) is 0 Å². The van der Waals surface area contributed by atoms with Crippen LogP contribution in [-0.4, -0.2) is 0 Å².